The van der Waals surface area contributed by atoms with Crippen molar-refractivity contribution in [3.63, 3.8) is 0 Å². The molecule has 3 rings (SSSR count). The van der Waals surface area contributed by atoms with Gasteiger partial charge in [0.25, 0.3) is 0 Å². The average molecular weight is 368 g/mol. The molecule has 0 unspecified atom stereocenters. The maximum absolute atomic E-state index is 12.0. The van der Waals surface area contributed by atoms with Crippen LogP contribution in [0.4, 0.5) is 0 Å². The van der Waals surface area contributed by atoms with Crippen molar-refractivity contribution in [3.8, 4) is 28.6 Å². The lowest BCUT2D eigenvalue weighted by molar-refractivity contribution is 0.275. The van der Waals surface area contributed by atoms with Crippen molar-refractivity contribution in [2.75, 3.05) is 0 Å². The largest absolute Gasteiger partial charge is 0.504 e. The van der Waals surface area contributed by atoms with Gasteiger partial charge < -0.3 is 34.4 Å². The summed E-state index contributed by atoms with van der Waals surface area (Å²) >= 11 is 0. The molecule has 0 bridgehead atoms. The van der Waals surface area contributed by atoms with Gasteiger partial charge in [-0.2, -0.15) is 0 Å². The predicted octanol–water partition coefficient (Wildman–Crippen LogP) is 1.65. The molecule has 0 spiro atoms. The van der Waals surface area contributed by atoms with Crippen molar-refractivity contribution in [2.45, 2.75) is 0 Å². The normalized spacial score (nSPS) is 11.0. The predicted molar refractivity (Wildman–Crippen MR) is 87.2 cm³/mol. The lowest BCUT2D eigenvalue weighted by atomic mass is 10.1. The lowest BCUT2D eigenvalue weighted by Crippen LogP contribution is -2.00. The van der Waals surface area contributed by atoms with Gasteiger partial charge in [-0.25, -0.2) is 4.57 Å². The van der Waals surface area contributed by atoms with Crippen LogP contribution in [-0.2, 0) is 4.57 Å². The summed E-state index contributed by atoms with van der Waals surface area (Å²) in [5.41, 5.74) is 0.195. The monoisotopic (exact) mass is 368 g/mol. The Bertz CT molecular complexity index is 997. The number of hydrogen-bond donors (Lipinski definition) is 6. The van der Waals surface area contributed by atoms with Gasteiger partial charge in [0.05, 0.1) is 0 Å². The van der Waals surface area contributed by atoms with Gasteiger partial charge in [-0.15, -0.1) is 0 Å². The highest BCUT2D eigenvalue weighted by atomic mass is 31.2. The van der Waals surface area contributed by atoms with E-state index in [1.54, 1.807) is 24.3 Å². The van der Waals surface area contributed by atoms with Crippen molar-refractivity contribution in [3.05, 3.63) is 52.7 Å². The summed E-state index contributed by atoms with van der Waals surface area (Å²) in [6.07, 6.45) is 0. The molecule has 0 radical (unpaired) electrons. The number of phenolic OH excluding ortho intramolecular Hbond substituents is 3. The third kappa shape index (κ3) is 4.59. The van der Waals surface area contributed by atoms with Crippen LogP contribution >= 0.6 is 7.82 Å². The van der Waals surface area contributed by atoms with E-state index in [4.69, 9.17) is 23.7 Å². The van der Waals surface area contributed by atoms with Gasteiger partial charge in [-0.1, -0.05) is 30.3 Å². The van der Waals surface area contributed by atoms with E-state index in [2.05, 4.69) is 0 Å². The summed E-state index contributed by atoms with van der Waals surface area (Å²) in [6.45, 7) is 0. The van der Waals surface area contributed by atoms with Crippen LogP contribution in [0.2, 0.25) is 0 Å². The zero-order valence-electron chi connectivity index (χ0n) is 12.4. The first-order valence-corrected chi connectivity index (χ1v) is 8.20. The molecule has 3 aromatic rings. The Kier molecular flexibility index (Phi) is 5.15. The molecule has 0 atom stereocenters. The van der Waals surface area contributed by atoms with E-state index < -0.39 is 30.5 Å². The Balaban J connectivity index is 0.000000399. The van der Waals surface area contributed by atoms with Gasteiger partial charge in [0.15, 0.2) is 16.9 Å². The Morgan fingerprint density at radius 1 is 0.880 bits per heavy atom. The van der Waals surface area contributed by atoms with E-state index in [0.29, 0.717) is 11.3 Å². The highest BCUT2D eigenvalue weighted by Crippen LogP contribution is 2.40. The maximum atomic E-state index is 12.0. The van der Waals surface area contributed by atoms with E-state index in [-0.39, 0.29) is 11.0 Å². The molecule has 1 heterocycles. The molecule has 0 saturated carbocycles. The summed E-state index contributed by atoms with van der Waals surface area (Å²) < 4.78 is 14.4. The van der Waals surface area contributed by atoms with E-state index >= 15 is 0 Å². The molecule has 25 heavy (non-hydrogen) atoms. The minimum Gasteiger partial charge on any atom is -0.504 e. The second-order valence-electron chi connectivity index (χ2n) is 4.82. The van der Waals surface area contributed by atoms with Crippen molar-refractivity contribution < 1.29 is 39.0 Å². The second-order valence-corrected chi connectivity index (χ2v) is 5.85. The second kappa shape index (κ2) is 6.96. The molecule has 0 aliphatic rings. The Morgan fingerprint density at radius 3 is 2.00 bits per heavy atom. The maximum Gasteiger partial charge on any atom is 0.466 e. The summed E-state index contributed by atoms with van der Waals surface area (Å²) in [7, 11) is -4.64. The molecule has 6 N–H and O–H groups in total. The summed E-state index contributed by atoms with van der Waals surface area (Å²) in [5.74, 6) is -1.67. The Labute approximate surface area is 139 Å². The first-order valence-electron chi connectivity index (χ1n) is 6.63. The van der Waals surface area contributed by atoms with Crippen LogP contribution in [0.15, 0.2) is 51.7 Å². The first-order chi connectivity index (χ1) is 11.6. The van der Waals surface area contributed by atoms with Crippen LogP contribution in [0.3, 0.4) is 0 Å². The number of phenols is 3. The number of aromatic hydroxyl groups is 3. The molecular formula is C15H13O9P. The SMILES string of the molecule is O=P(O)(O)O.O=c1cc(-c2ccccc2)oc2cc(O)c(O)c(O)c12. The van der Waals surface area contributed by atoms with Gasteiger partial charge in [-0.05, 0) is 0 Å². The minimum absolute atomic E-state index is 0.00385. The van der Waals surface area contributed by atoms with Crippen LogP contribution in [0.25, 0.3) is 22.3 Å². The zero-order valence-corrected chi connectivity index (χ0v) is 13.3. The van der Waals surface area contributed by atoms with Crippen molar-refractivity contribution in [2.24, 2.45) is 0 Å². The molecule has 132 valence electrons. The number of fused-ring (bicyclic) bond motifs is 1. The molecule has 0 aliphatic heterocycles. The van der Waals surface area contributed by atoms with E-state index in [1.165, 1.54) is 6.07 Å². The van der Waals surface area contributed by atoms with Crippen LogP contribution in [0.5, 0.6) is 17.2 Å². The lowest BCUT2D eigenvalue weighted by Gasteiger charge is -2.06. The van der Waals surface area contributed by atoms with Gasteiger partial charge in [0, 0.05) is 17.7 Å². The van der Waals surface area contributed by atoms with Crippen LogP contribution in [0, 0.1) is 0 Å². The highest BCUT2D eigenvalue weighted by molar-refractivity contribution is 7.45. The summed E-state index contributed by atoms with van der Waals surface area (Å²) in [5, 5.41) is 28.5. The molecular weight excluding hydrogens is 355 g/mol. The fourth-order valence-corrected chi connectivity index (χ4v) is 2.02. The smallest absolute Gasteiger partial charge is 0.466 e. The fraction of sp³-hybridized carbons (Fsp3) is 0. The molecule has 1 aromatic heterocycles. The summed E-state index contributed by atoms with van der Waals surface area (Å²) in [4.78, 5) is 33.6. The van der Waals surface area contributed by atoms with Crippen molar-refractivity contribution >= 4 is 18.8 Å². The topological polar surface area (TPSA) is 169 Å². The van der Waals surface area contributed by atoms with Crippen molar-refractivity contribution in [1.82, 2.24) is 0 Å². The minimum atomic E-state index is -4.64. The number of hydrogen-bond acceptors (Lipinski definition) is 6. The first kappa shape index (κ1) is 18.5. The summed E-state index contributed by atoms with van der Waals surface area (Å²) in [6, 6.07) is 11.3. The third-order valence-corrected chi connectivity index (χ3v) is 3.00. The van der Waals surface area contributed by atoms with E-state index in [0.717, 1.165) is 6.07 Å². The van der Waals surface area contributed by atoms with E-state index in [9.17, 15) is 20.1 Å². The van der Waals surface area contributed by atoms with Gasteiger partial charge in [-0.3, -0.25) is 4.79 Å². The van der Waals surface area contributed by atoms with Crippen molar-refractivity contribution in [1.29, 1.82) is 0 Å². The average Bonchev–Trinajstić information content (AvgIpc) is 2.51. The van der Waals surface area contributed by atoms with Gasteiger partial charge >= 0.3 is 7.82 Å². The number of benzene rings is 2. The molecule has 0 fully saturated rings. The Hall–Kier alpha value is -2.84. The molecule has 0 aliphatic carbocycles. The third-order valence-electron chi connectivity index (χ3n) is 3.00. The van der Waals surface area contributed by atoms with E-state index in [1.807, 2.05) is 6.07 Å². The van der Waals surface area contributed by atoms with Gasteiger partial charge in [0.1, 0.15) is 16.7 Å². The zero-order chi connectivity index (χ0) is 18.8. The Morgan fingerprint density at radius 2 is 1.44 bits per heavy atom. The molecule has 9 nitrogen and oxygen atoms in total. The quantitative estimate of drug-likeness (QED) is 0.276. The van der Waals surface area contributed by atoms with Gasteiger partial charge in [0.2, 0.25) is 5.75 Å². The standard InChI is InChI=1S/C15H10O5.H3O4P/c16-9-6-11(8-4-2-1-3-5-8)20-12-7-10(17)14(18)15(19)13(9)12;1-5(2,3)4/h1-7,17-19H;(H3,1,2,3,4). The van der Waals surface area contributed by atoms with Crippen LogP contribution in [0.1, 0.15) is 0 Å². The number of rotatable bonds is 1. The molecule has 0 amide bonds. The van der Waals surface area contributed by atoms with Crippen LogP contribution in [-0.4, -0.2) is 30.0 Å². The fourth-order valence-electron chi connectivity index (χ4n) is 2.02. The molecule has 0 saturated heterocycles. The van der Waals surface area contributed by atoms with Crippen LogP contribution < -0.4 is 5.43 Å². The highest BCUT2D eigenvalue weighted by Gasteiger charge is 2.17. The number of phosphoric acid groups is 1. The molecule has 2 aromatic carbocycles. The molecule has 10 heteroatoms.